The van der Waals surface area contributed by atoms with Gasteiger partial charge in [0.15, 0.2) is 0 Å². The number of benzene rings is 1. The highest BCUT2D eigenvalue weighted by Crippen LogP contribution is 2.12. The summed E-state index contributed by atoms with van der Waals surface area (Å²) in [6, 6.07) is 6.30. The van der Waals surface area contributed by atoms with Crippen LogP contribution in [0.1, 0.15) is 22.5 Å². The summed E-state index contributed by atoms with van der Waals surface area (Å²) in [6.07, 6.45) is 2.27. The molecule has 1 aromatic heterocycles. The largest absolute Gasteiger partial charge is 0.392 e. The highest BCUT2D eigenvalue weighted by molar-refractivity contribution is 5.30. The van der Waals surface area contributed by atoms with Gasteiger partial charge in [0.05, 0.1) is 6.10 Å². The average molecular weight is 245 g/mol. The SMILES string of the molecule is Cc1ccc(CC(O)Cc2ncnn2C)cc1C. The lowest BCUT2D eigenvalue weighted by Gasteiger charge is -2.11. The summed E-state index contributed by atoms with van der Waals surface area (Å²) in [6.45, 7) is 4.18. The quantitative estimate of drug-likeness (QED) is 0.889. The fraction of sp³-hybridized carbons (Fsp3) is 0.429. The Labute approximate surface area is 107 Å². The van der Waals surface area contributed by atoms with Crippen molar-refractivity contribution in [3.05, 3.63) is 47.0 Å². The van der Waals surface area contributed by atoms with Crippen molar-refractivity contribution < 1.29 is 5.11 Å². The Morgan fingerprint density at radius 3 is 2.61 bits per heavy atom. The van der Waals surface area contributed by atoms with E-state index in [4.69, 9.17) is 0 Å². The smallest absolute Gasteiger partial charge is 0.138 e. The summed E-state index contributed by atoms with van der Waals surface area (Å²) in [5, 5.41) is 14.1. The summed E-state index contributed by atoms with van der Waals surface area (Å²) in [5.74, 6) is 0.811. The summed E-state index contributed by atoms with van der Waals surface area (Å²) in [5.41, 5.74) is 3.70. The summed E-state index contributed by atoms with van der Waals surface area (Å²) < 4.78 is 1.70. The molecule has 0 amide bonds. The Balaban J connectivity index is 2.01. The molecule has 1 N–H and O–H groups in total. The van der Waals surface area contributed by atoms with Gasteiger partial charge in [-0.05, 0) is 37.0 Å². The van der Waals surface area contributed by atoms with Gasteiger partial charge in [0, 0.05) is 13.5 Å². The molecule has 2 rings (SSSR count). The molecule has 0 aliphatic heterocycles. The van der Waals surface area contributed by atoms with Gasteiger partial charge in [0.2, 0.25) is 0 Å². The molecule has 0 aliphatic carbocycles. The van der Waals surface area contributed by atoms with E-state index in [1.54, 1.807) is 4.68 Å². The number of aliphatic hydroxyl groups excluding tert-OH is 1. The van der Waals surface area contributed by atoms with E-state index in [1.807, 2.05) is 7.05 Å². The molecule has 1 atom stereocenters. The fourth-order valence-electron chi connectivity index (χ4n) is 1.99. The second-order valence-electron chi connectivity index (χ2n) is 4.78. The van der Waals surface area contributed by atoms with Crippen LogP contribution < -0.4 is 0 Å². The van der Waals surface area contributed by atoms with Crippen LogP contribution in [0.15, 0.2) is 24.5 Å². The molecule has 4 nitrogen and oxygen atoms in total. The number of hydrogen-bond donors (Lipinski definition) is 1. The van der Waals surface area contributed by atoms with E-state index in [0.29, 0.717) is 12.8 Å². The van der Waals surface area contributed by atoms with Gasteiger partial charge in [-0.1, -0.05) is 18.2 Å². The van der Waals surface area contributed by atoms with Crippen LogP contribution in [0.4, 0.5) is 0 Å². The third kappa shape index (κ3) is 2.96. The van der Waals surface area contributed by atoms with E-state index in [1.165, 1.54) is 17.5 Å². The lowest BCUT2D eigenvalue weighted by atomic mass is 10.0. The van der Waals surface area contributed by atoms with Crippen molar-refractivity contribution in [2.75, 3.05) is 0 Å². The minimum atomic E-state index is -0.421. The third-order valence-corrected chi connectivity index (χ3v) is 3.27. The molecular formula is C14H19N3O. The van der Waals surface area contributed by atoms with Crippen LogP contribution in [0, 0.1) is 13.8 Å². The minimum absolute atomic E-state index is 0.421. The lowest BCUT2D eigenvalue weighted by molar-refractivity contribution is 0.171. The highest BCUT2D eigenvalue weighted by atomic mass is 16.3. The molecular weight excluding hydrogens is 226 g/mol. The van der Waals surface area contributed by atoms with Gasteiger partial charge < -0.3 is 5.11 Å². The summed E-state index contributed by atoms with van der Waals surface area (Å²) >= 11 is 0. The molecule has 2 aromatic rings. The van der Waals surface area contributed by atoms with Crippen molar-refractivity contribution in [1.29, 1.82) is 0 Å². The Bertz CT molecular complexity index is 534. The van der Waals surface area contributed by atoms with Crippen molar-refractivity contribution in [3.63, 3.8) is 0 Å². The van der Waals surface area contributed by atoms with Gasteiger partial charge in [0.25, 0.3) is 0 Å². The zero-order valence-electron chi connectivity index (χ0n) is 11.1. The molecule has 96 valence electrons. The number of aliphatic hydroxyl groups is 1. The summed E-state index contributed by atoms with van der Waals surface area (Å²) in [4.78, 5) is 4.12. The Hall–Kier alpha value is -1.68. The minimum Gasteiger partial charge on any atom is -0.392 e. The predicted octanol–water partition coefficient (Wildman–Crippen LogP) is 1.58. The molecule has 0 radical (unpaired) electrons. The maximum absolute atomic E-state index is 10.1. The first kappa shape index (κ1) is 12.8. The van der Waals surface area contributed by atoms with Crippen LogP contribution in [0.25, 0.3) is 0 Å². The zero-order valence-corrected chi connectivity index (χ0v) is 11.1. The number of rotatable bonds is 4. The molecule has 18 heavy (non-hydrogen) atoms. The van der Waals surface area contributed by atoms with Gasteiger partial charge in [-0.15, -0.1) is 0 Å². The second kappa shape index (κ2) is 5.31. The zero-order chi connectivity index (χ0) is 13.1. The Morgan fingerprint density at radius 1 is 1.22 bits per heavy atom. The van der Waals surface area contributed by atoms with Gasteiger partial charge >= 0.3 is 0 Å². The van der Waals surface area contributed by atoms with Crippen molar-refractivity contribution in [1.82, 2.24) is 14.8 Å². The second-order valence-corrected chi connectivity index (χ2v) is 4.78. The molecule has 1 unspecified atom stereocenters. The van der Waals surface area contributed by atoms with Crippen molar-refractivity contribution in [2.24, 2.45) is 7.05 Å². The molecule has 1 heterocycles. The monoisotopic (exact) mass is 245 g/mol. The van der Waals surface area contributed by atoms with Crippen LogP contribution in [0.5, 0.6) is 0 Å². The van der Waals surface area contributed by atoms with Crippen LogP contribution in [-0.4, -0.2) is 26.0 Å². The van der Waals surface area contributed by atoms with Crippen molar-refractivity contribution >= 4 is 0 Å². The van der Waals surface area contributed by atoms with Crippen molar-refractivity contribution in [2.45, 2.75) is 32.8 Å². The first-order valence-electron chi connectivity index (χ1n) is 6.13. The van der Waals surface area contributed by atoms with Crippen LogP contribution in [0.3, 0.4) is 0 Å². The number of hydrogen-bond acceptors (Lipinski definition) is 3. The molecule has 0 saturated heterocycles. The molecule has 0 fully saturated rings. The van der Waals surface area contributed by atoms with E-state index >= 15 is 0 Å². The Kier molecular flexibility index (Phi) is 3.77. The lowest BCUT2D eigenvalue weighted by Crippen LogP contribution is -2.17. The molecule has 0 bridgehead atoms. The normalized spacial score (nSPS) is 12.7. The maximum atomic E-state index is 10.1. The first-order valence-corrected chi connectivity index (χ1v) is 6.13. The number of aromatic nitrogens is 3. The topological polar surface area (TPSA) is 50.9 Å². The van der Waals surface area contributed by atoms with E-state index in [2.05, 4.69) is 42.1 Å². The van der Waals surface area contributed by atoms with Gasteiger partial charge in [-0.2, -0.15) is 5.10 Å². The fourth-order valence-corrected chi connectivity index (χ4v) is 1.99. The molecule has 1 aromatic carbocycles. The molecule has 4 heteroatoms. The average Bonchev–Trinajstić information content (AvgIpc) is 2.70. The van der Waals surface area contributed by atoms with E-state index < -0.39 is 6.10 Å². The van der Waals surface area contributed by atoms with E-state index in [9.17, 15) is 5.11 Å². The predicted molar refractivity (Wildman–Crippen MR) is 70.3 cm³/mol. The first-order chi connectivity index (χ1) is 8.56. The standard InChI is InChI=1S/C14H19N3O/c1-10-4-5-12(6-11(10)2)7-13(18)8-14-15-9-16-17(14)3/h4-6,9,13,18H,7-8H2,1-3H3. The number of aryl methyl sites for hydroxylation is 3. The molecule has 0 saturated carbocycles. The van der Waals surface area contributed by atoms with E-state index in [0.717, 1.165) is 11.4 Å². The van der Waals surface area contributed by atoms with Crippen LogP contribution in [0.2, 0.25) is 0 Å². The Morgan fingerprint density at radius 2 is 2.00 bits per heavy atom. The maximum Gasteiger partial charge on any atom is 0.138 e. The van der Waals surface area contributed by atoms with Crippen LogP contribution in [-0.2, 0) is 19.9 Å². The molecule has 0 spiro atoms. The summed E-state index contributed by atoms with van der Waals surface area (Å²) in [7, 11) is 1.84. The van der Waals surface area contributed by atoms with E-state index in [-0.39, 0.29) is 0 Å². The number of nitrogens with zero attached hydrogens (tertiary/aromatic N) is 3. The van der Waals surface area contributed by atoms with Gasteiger partial charge in [0.1, 0.15) is 12.2 Å². The molecule has 0 aliphatic rings. The van der Waals surface area contributed by atoms with Crippen molar-refractivity contribution in [3.8, 4) is 0 Å². The van der Waals surface area contributed by atoms with Gasteiger partial charge in [-0.3, -0.25) is 4.68 Å². The third-order valence-electron chi connectivity index (χ3n) is 3.27. The van der Waals surface area contributed by atoms with Gasteiger partial charge in [-0.25, -0.2) is 4.98 Å². The highest BCUT2D eigenvalue weighted by Gasteiger charge is 2.11. The van der Waals surface area contributed by atoms with Crippen LogP contribution >= 0.6 is 0 Å².